The number of nitrogens with zero attached hydrogens (tertiary/aromatic N) is 4. The SMILES string of the molecule is Cc1cc(-c2ccccc2C#N)nc2c(C(=O)N[C@H](C)C(F)(F)F)cnn12. The van der Waals surface area contributed by atoms with Crippen molar-refractivity contribution in [3.63, 3.8) is 0 Å². The number of carbonyl (C=O) groups excluding carboxylic acids is 1. The van der Waals surface area contributed by atoms with Gasteiger partial charge < -0.3 is 5.32 Å². The number of aryl methyl sites for hydroxylation is 1. The Balaban J connectivity index is 2.09. The normalized spacial score (nSPS) is 12.6. The second kappa shape index (κ2) is 6.72. The van der Waals surface area contributed by atoms with E-state index in [1.165, 1.54) is 10.7 Å². The maximum absolute atomic E-state index is 12.7. The summed E-state index contributed by atoms with van der Waals surface area (Å²) in [4.78, 5) is 16.7. The molecule has 0 aliphatic heterocycles. The molecule has 6 nitrogen and oxygen atoms in total. The van der Waals surface area contributed by atoms with E-state index in [9.17, 15) is 23.2 Å². The van der Waals surface area contributed by atoms with E-state index < -0.39 is 18.1 Å². The van der Waals surface area contributed by atoms with Crippen molar-refractivity contribution in [3.8, 4) is 17.3 Å². The summed E-state index contributed by atoms with van der Waals surface area (Å²) in [5, 5.41) is 15.2. The van der Waals surface area contributed by atoms with Crippen molar-refractivity contribution < 1.29 is 18.0 Å². The van der Waals surface area contributed by atoms with Crippen molar-refractivity contribution in [2.45, 2.75) is 26.1 Å². The van der Waals surface area contributed by atoms with Crippen LogP contribution in [0, 0.1) is 18.3 Å². The van der Waals surface area contributed by atoms with Gasteiger partial charge in [0.2, 0.25) is 0 Å². The molecule has 0 radical (unpaired) electrons. The van der Waals surface area contributed by atoms with Crippen LogP contribution in [0.3, 0.4) is 0 Å². The van der Waals surface area contributed by atoms with Crippen LogP contribution >= 0.6 is 0 Å². The highest BCUT2D eigenvalue weighted by Crippen LogP contribution is 2.25. The summed E-state index contributed by atoms with van der Waals surface area (Å²) in [5.41, 5.74) is 2.03. The monoisotopic (exact) mass is 373 g/mol. The van der Waals surface area contributed by atoms with Gasteiger partial charge in [-0.25, -0.2) is 9.50 Å². The van der Waals surface area contributed by atoms with Crippen LogP contribution in [0.2, 0.25) is 0 Å². The van der Waals surface area contributed by atoms with Gasteiger partial charge in [-0.15, -0.1) is 0 Å². The van der Waals surface area contributed by atoms with E-state index in [-0.39, 0.29) is 11.2 Å². The van der Waals surface area contributed by atoms with Gasteiger partial charge in [-0.3, -0.25) is 4.79 Å². The molecule has 0 saturated heterocycles. The molecule has 2 aromatic heterocycles. The molecule has 27 heavy (non-hydrogen) atoms. The summed E-state index contributed by atoms with van der Waals surface area (Å²) in [6, 6.07) is 8.54. The Morgan fingerprint density at radius 1 is 1.33 bits per heavy atom. The number of aromatic nitrogens is 3. The fourth-order valence-corrected chi connectivity index (χ4v) is 2.57. The Bertz CT molecular complexity index is 1070. The second-order valence-corrected chi connectivity index (χ2v) is 5.97. The smallest absolute Gasteiger partial charge is 0.340 e. The van der Waals surface area contributed by atoms with Gasteiger partial charge in [0.05, 0.1) is 23.5 Å². The Hall–Kier alpha value is -3.41. The van der Waals surface area contributed by atoms with Gasteiger partial charge in [0.15, 0.2) is 5.65 Å². The first-order valence-corrected chi connectivity index (χ1v) is 7.95. The molecule has 0 fully saturated rings. The van der Waals surface area contributed by atoms with Crippen LogP contribution in [-0.4, -0.2) is 32.7 Å². The summed E-state index contributed by atoms with van der Waals surface area (Å²) in [5.74, 6) is -0.924. The predicted molar refractivity (Wildman–Crippen MR) is 90.9 cm³/mol. The number of carbonyl (C=O) groups is 1. The minimum Gasteiger partial charge on any atom is -0.340 e. The molecule has 0 aliphatic rings. The molecule has 0 bridgehead atoms. The lowest BCUT2D eigenvalue weighted by Crippen LogP contribution is -2.43. The Labute approximate surface area is 152 Å². The topological polar surface area (TPSA) is 83.1 Å². The maximum atomic E-state index is 12.7. The number of fused-ring (bicyclic) bond motifs is 1. The lowest BCUT2D eigenvalue weighted by Gasteiger charge is -2.16. The van der Waals surface area contributed by atoms with E-state index in [1.807, 2.05) is 5.32 Å². The predicted octanol–water partition coefficient (Wildman–Crippen LogP) is 3.26. The zero-order chi connectivity index (χ0) is 19.8. The summed E-state index contributed by atoms with van der Waals surface area (Å²) >= 11 is 0. The number of halogens is 3. The molecule has 3 rings (SSSR count). The largest absolute Gasteiger partial charge is 0.408 e. The standard InChI is InChI=1S/C18H14F3N5O/c1-10-7-15(13-6-4-3-5-12(13)8-22)25-16-14(9-23-26(10)16)17(27)24-11(2)18(19,20)21/h3-7,9,11H,1-2H3,(H,24,27)/t11-/m1/s1. The molecule has 0 saturated carbocycles. The van der Waals surface area contributed by atoms with Gasteiger partial charge >= 0.3 is 6.18 Å². The third-order valence-electron chi connectivity index (χ3n) is 4.06. The number of alkyl halides is 3. The molecule has 2 heterocycles. The lowest BCUT2D eigenvalue weighted by atomic mass is 10.0. The average molecular weight is 373 g/mol. The van der Waals surface area contributed by atoms with Gasteiger partial charge in [-0.2, -0.15) is 23.5 Å². The van der Waals surface area contributed by atoms with Crippen LogP contribution in [-0.2, 0) is 0 Å². The molecule has 1 amide bonds. The molecule has 138 valence electrons. The molecular weight excluding hydrogens is 359 g/mol. The van der Waals surface area contributed by atoms with Crippen molar-refractivity contribution in [3.05, 3.63) is 53.3 Å². The number of nitriles is 1. The molecule has 0 spiro atoms. The van der Waals surface area contributed by atoms with E-state index in [1.54, 1.807) is 37.3 Å². The lowest BCUT2D eigenvalue weighted by molar-refractivity contribution is -0.149. The number of nitrogens with one attached hydrogen (secondary N) is 1. The van der Waals surface area contributed by atoms with Crippen LogP contribution in [0.5, 0.6) is 0 Å². The van der Waals surface area contributed by atoms with Crippen LogP contribution in [0.1, 0.15) is 28.5 Å². The number of rotatable bonds is 3. The fraction of sp³-hybridized carbons (Fsp3) is 0.222. The first-order chi connectivity index (χ1) is 12.7. The third kappa shape index (κ3) is 3.46. The second-order valence-electron chi connectivity index (χ2n) is 5.97. The van der Waals surface area contributed by atoms with E-state index in [0.29, 0.717) is 22.5 Å². The molecule has 1 aromatic carbocycles. The Kier molecular flexibility index (Phi) is 4.57. The highest BCUT2D eigenvalue weighted by molar-refractivity contribution is 6.00. The summed E-state index contributed by atoms with van der Waals surface area (Å²) < 4.78 is 39.5. The summed E-state index contributed by atoms with van der Waals surface area (Å²) in [7, 11) is 0. The quantitative estimate of drug-likeness (QED) is 0.764. The van der Waals surface area contributed by atoms with E-state index in [0.717, 1.165) is 6.92 Å². The van der Waals surface area contributed by atoms with Crippen molar-refractivity contribution in [1.29, 1.82) is 5.26 Å². The number of hydrogen-bond donors (Lipinski definition) is 1. The van der Waals surface area contributed by atoms with Crippen molar-refractivity contribution >= 4 is 11.6 Å². The zero-order valence-electron chi connectivity index (χ0n) is 14.4. The minimum atomic E-state index is -4.56. The van der Waals surface area contributed by atoms with Crippen LogP contribution in [0.15, 0.2) is 36.5 Å². The van der Waals surface area contributed by atoms with Crippen LogP contribution in [0.4, 0.5) is 13.2 Å². The van der Waals surface area contributed by atoms with Crippen molar-refractivity contribution in [2.24, 2.45) is 0 Å². The minimum absolute atomic E-state index is 0.0783. The summed E-state index contributed by atoms with van der Waals surface area (Å²) in [6.45, 7) is 2.58. The third-order valence-corrected chi connectivity index (χ3v) is 4.06. The molecular formula is C18H14F3N5O. The molecule has 0 aliphatic carbocycles. The van der Waals surface area contributed by atoms with Crippen molar-refractivity contribution in [2.75, 3.05) is 0 Å². The van der Waals surface area contributed by atoms with E-state index in [2.05, 4.69) is 16.2 Å². The van der Waals surface area contributed by atoms with Crippen LogP contribution in [0.25, 0.3) is 16.9 Å². The van der Waals surface area contributed by atoms with E-state index in [4.69, 9.17) is 0 Å². The maximum Gasteiger partial charge on any atom is 0.408 e. The van der Waals surface area contributed by atoms with Gasteiger partial charge in [0, 0.05) is 11.3 Å². The molecule has 3 aromatic rings. The van der Waals surface area contributed by atoms with Crippen LogP contribution < -0.4 is 5.32 Å². The molecule has 1 N–H and O–H groups in total. The number of benzene rings is 1. The fourth-order valence-electron chi connectivity index (χ4n) is 2.57. The highest BCUT2D eigenvalue weighted by Gasteiger charge is 2.37. The number of hydrogen-bond acceptors (Lipinski definition) is 4. The first-order valence-electron chi connectivity index (χ1n) is 7.95. The van der Waals surface area contributed by atoms with E-state index >= 15 is 0 Å². The molecule has 9 heteroatoms. The Morgan fingerprint density at radius 3 is 2.70 bits per heavy atom. The summed E-state index contributed by atoms with van der Waals surface area (Å²) in [6.07, 6.45) is -3.38. The van der Waals surface area contributed by atoms with Gasteiger partial charge in [-0.1, -0.05) is 18.2 Å². The van der Waals surface area contributed by atoms with Gasteiger partial charge in [0.1, 0.15) is 11.6 Å². The zero-order valence-corrected chi connectivity index (χ0v) is 14.4. The Morgan fingerprint density at radius 2 is 2.04 bits per heavy atom. The van der Waals surface area contributed by atoms with Crippen molar-refractivity contribution in [1.82, 2.24) is 19.9 Å². The van der Waals surface area contributed by atoms with Gasteiger partial charge in [-0.05, 0) is 26.0 Å². The average Bonchev–Trinajstić information content (AvgIpc) is 3.05. The number of amides is 1. The first kappa shape index (κ1) is 18.4. The molecule has 1 atom stereocenters. The van der Waals surface area contributed by atoms with Gasteiger partial charge in [0.25, 0.3) is 5.91 Å². The molecule has 0 unspecified atom stereocenters. The highest BCUT2D eigenvalue weighted by atomic mass is 19.4.